The molecule has 0 heterocycles. The number of hydrogen-bond donors (Lipinski definition) is 1. The molecule has 0 rings (SSSR count). The normalized spacial score (nSPS) is 13.9. The van der Waals surface area contributed by atoms with Gasteiger partial charge in [0.1, 0.15) is 0 Å². The van der Waals surface area contributed by atoms with E-state index in [9.17, 15) is 0 Å². The number of nitrogens with two attached hydrogens (primary N) is 1. The summed E-state index contributed by atoms with van der Waals surface area (Å²) in [7, 11) is 0. The molecular weight excluding hydrogens is 431 g/mol. The van der Waals surface area contributed by atoms with Gasteiger partial charge >= 0.3 is 75.3 Å². The fourth-order valence-corrected chi connectivity index (χ4v) is 9.35. The van der Waals surface area contributed by atoms with Crippen molar-refractivity contribution >= 4 is 43.0 Å². The molecule has 7 heavy (non-hydrogen) atoms. The summed E-state index contributed by atoms with van der Waals surface area (Å²) in [5.74, 6) is 0. The molecule has 0 saturated heterocycles. The van der Waals surface area contributed by atoms with Gasteiger partial charge in [0.15, 0.2) is 0 Å². The molecule has 0 aromatic rings. The molecule has 0 aliphatic carbocycles. The summed E-state index contributed by atoms with van der Waals surface area (Å²) >= 11 is 3.28. The average Bonchev–Trinajstić information content (AvgIpc) is 1.61. The zero-order valence-corrected chi connectivity index (χ0v) is 10.4. The second-order valence-electron chi connectivity index (χ2n) is 0.922. The van der Waals surface area contributed by atoms with Crippen LogP contribution in [0.3, 0.4) is 0 Å². The van der Waals surface area contributed by atoms with Crippen molar-refractivity contribution in [1.29, 1.82) is 0 Å². The molecule has 4 heteroatoms. The van der Waals surface area contributed by atoms with Crippen molar-refractivity contribution in [3.8, 4) is 0 Å². The van der Waals surface area contributed by atoms with E-state index in [0.717, 1.165) is 0 Å². The Labute approximate surface area is 74.0 Å². The standard InChI is InChI=1S/C3H7I3N/c1-3(7)5-2-6-4/h2,7H2,1H3/q-1. The Morgan fingerprint density at radius 3 is 2.71 bits per heavy atom. The average molecular weight is 438 g/mol. The topological polar surface area (TPSA) is 26.0 Å². The predicted octanol–water partition coefficient (Wildman–Crippen LogP) is -1.54. The van der Waals surface area contributed by atoms with Crippen LogP contribution >= 0.6 is 39.3 Å². The molecule has 0 aromatic heterocycles. The maximum atomic E-state index is 5.46. The summed E-state index contributed by atoms with van der Waals surface area (Å²) in [5, 5.41) is 0. The first-order valence-electron chi connectivity index (χ1n) is 1.66. The third-order valence-corrected chi connectivity index (χ3v) is 15.2. The van der Waals surface area contributed by atoms with E-state index in [4.69, 9.17) is 5.73 Å². The Bertz CT molecular complexity index is 66.6. The first-order valence-corrected chi connectivity index (χ1v) is 12.1. The third kappa shape index (κ3) is 8.02. The fraction of sp³-hybridized carbons (Fsp3) is 0.667. The van der Waals surface area contributed by atoms with E-state index in [0.29, 0.717) is 38.0 Å². The quantitative estimate of drug-likeness (QED) is 0.411. The SMILES string of the molecule is CC(N)=IC[I-]I. The second-order valence-corrected chi connectivity index (χ2v) is 12.3. The zero-order chi connectivity index (χ0) is 5.70. The Balaban J connectivity index is 3.08. The van der Waals surface area contributed by atoms with Crippen LogP contribution in [0.5, 0.6) is 0 Å². The number of hydrogen-bond acceptors (Lipinski definition) is 1. The van der Waals surface area contributed by atoms with Crippen molar-refractivity contribution in [1.82, 2.24) is 0 Å². The summed E-state index contributed by atoms with van der Waals surface area (Å²) in [6.45, 7) is 2.03. The Morgan fingerprint density at radius 2 is 2.57 bits per heavy atom. The van der Waals surface area contributed by atoms with E-state index < -0.39 is 0 Å². The molecule has 0 fully saturated rings. The van der Waals surface area contributed by atoms with Crippen LogP contribution in [0.25, 0.3) is 0 Å². The predicted molar refractivity (Wildman–Crippen MR) is 47.8 cm³/mol. The molecule has 0 bridgehead atoms. The second kappa shape index (κ2) is 6.14. The van der Waals surface area contributed by atoms with E-state index in [1.54, 1.807) is 0 Å². The maximum absolute atomic E-state index is 5.46. The van der Waals surface area contributed by atoms with Crippen LogP contribution in [0.1, 0.15) is 6.92 Å². The van der Waals surface area contributed by atoms with Crippen LogP contribution in [0.15, 0.2) is 0 Å². The van der Waals surface area contributed by atoms with E-state index in [1.165, 1.54) is 6.07 Å². The zero-order valence-electron chi connectivity index (χ0n) is 3.92. The van der Waals surface area contributed by atoms with Crippen molar-refractivity contribution in [3.63, 3.8) is 0 Å². The number of rotatable bonds is 2. The summed E-state index contributed by atoms with van der Waals surface area (Å²) < 4.78 is 2.64. The molecule has 0 radical (unpaired) electrons. The van der Waals surface area contributed by atoms with Crippen molar-refractivity contribution in [2.45, 2.75) is 6.92 Å². The third-order valence-electron chi connectivity index (χ3n) is 0.299. The molecular formula is C3H7I3N-. The first kappa shape index (κ1) is 9.02. The van der Waals surface area contributed by atoms with Gasteiger partial charge in [0.05, 0.1) is 0 Å². The van der Waals surface area contributed by atoms with E-state index in [2.05, 4.69) is 18.6 Å². The minimum atomic E-state index is 0.301. The molecule has 2 N–H and O–H groups in total. The summed E-state index contributed by atoms with van der Waals surface area (Å²) in [5.41, 5.74) is 5.46. The monoisotopic (exact) mass is 438 g/mol. The van der Waals surface area contributed by atoms with E-state index in [-0.39, 0.29) is 0 Å². The van der Waals surface area contributed by atoms with Crippen molar-refractivity contribution in [2.24, 2.45) is 5.73 Å². The van der Waals surface area contributed by atoms with Gasteiger partial charge in [-0.25, -0.2) is 0 Å². The van der Waals surface area contributed by atoms with Crippen molar-refractivity contribution in [2.75, 3.05) is 2.43 Å². The van der Waals surface area contributed by atoms with Gasteiger partial charge in [-0.1, -0.05) is 0 Å². The van der Waals surface area contributed by atoms with E-state index in [1.807, 2.05) is 6.92 Å². The molecule has 0 aliphatic heterocycles. The van der Waals surface area contributed by atoms with Crippen LogP contribution in [-0.4, -0.2) is 6.07 Å². The van der Waals surface area contributed by atoms with Gasteiger partial charge in [-0.15, -0.1) is 0 Å². The van der Waals surface area contributed by atoms with Crippen molar-refractivity contribution in [3.05, 3.63) is 0 Å². The van der Waals surface area contributed by atoms with Crippen LogP contribution in [0, 0.1) is 0 Å². The fourth-order valence-electron chi connectivity index (χ4n) is 0.0988. The van der Waals surface area contributed by atoms with Crippen LogP contribution < -0.4 is 23.0 Å². The molecule has 1 nitrogen and oxygen atoms in total. The van der Waals surface area contributed by atoms with Gasteiger partial charge in [0.2, 0.25) is 0 Å². The van der Waals surface area contributed by atoms with Crippen LogP contribution in [0.2, 0.25) is 0 Å². The van der Waals surface area contributed by atoms with E-state index >= 15 is 0 Å². The number of halogens is 3. The summed E-state index contributed by atoms with van der Waals surface area (Å²) in [4.78, 5) is 0. The summed E-state index contributed by atoms with van der Waals surface area (Å²) in [6.07, 6.45) is 0. The molecule has 0 spiro atoms. The van der Waals surface area contributed by atoms with Gasteiger partial charge < -0.3 is 0 Å². The molecule has 0 saturated carbocycles. The van der Waals surface area contributed by atoms with Gasteiger partial charge in [-0.05, 0) is 0 Å². The Morgan fingerprint density at radius 1 is 2.00 bits per heavy atom. The minimum absolute atomic E-state index is 0.301. The van der Waals surface area contributed by atoms with Crippen LogP contribution in [0.4, 0.5) is 0 Å². The summed E-state index contributed by atoms with van der Waals surface area (Å²) in [6, 6.07) is 0. The van der Waals surface area contributed by atoms with Crippen molar-refractivity contribution < 1.29 is 17.2 Å². The number of alkyl halides is 2. The van der Waals surface area contributed by atoms with Crippen LogP contribution in [-0.2, 0) is 0 Å². The molecule has 46 valence electrons. The Hall–Kier alpha value is 2.02. The van der Waals surface area contributed by atoms with Gasteiger partial charge in [0, 0.05) is 0 Å². The molecule has 0 amide bonds. The molecule has 0 unspecified atom stereocenters. The molecule has 0 aliphatic rings. The Kier molecular flexibility index (Phi) is 7.92. The first-order chi connectivity index (χ1) is 3.27. The van der Waals surface area contributed by atoms with Gasteiger partial charge in [-0.2, -0.15) is 0 Å². The molecule has 0 atom stereocenters. The molecule has 0 aromatic carbocycles. The van der Waals surface area contributed by atoms with Gasteiger partial charge in [0.25, 0.3) is 0 Å². The van der Waals surface area contributed by atoms with Gasteiger partial charge in [-0.3, -0.25) is 0 Å².